The molecule has 0 bridgehead atoms. The SMILES string of the molecule is C=CCP(=O)(c1ccccc1)c1ccccc1.C=Cn1c2ccccc2c2ccccc21. The van der Waals surface area contributed by atoms with E-state index in [2.05, 4.69) is 66.3 Å². The van der Waals surface area contributed by atoms with E-state index in [0.717, 1.165) is 10.6 Å². The van der Waals surface area contributed by atoms with Crippen LogP contribution in [0.15, 0.2) is 128 Å². The first kappa shape index (κ1) is 21.6. The Kier molecular flexibility index (Phi) is 6.54. The zero-order valence-electron chi connectivity index (χ0n) is 18.0. The molecule has 3 heteroatoms. The maximum absolute atomic E-state index is 13.1. The molecule has 0 saturated heterocycles. The van der Waals surface area contributed by atoms with E-state index in [1.165, 1.54) is 21.8 Å². The van der Waals surface area contributed by atoms with Crippen molar-refractivity contribution in [3.8, 4) is 0 Å². The van der Waals surface area contributed by atoms with E-state index in [0.29, 0.717) is 6.16 Å². The molecule has 0 atom stereocenters. The van der Waals surface area contributed by atoms with Crippen molar-refractivity contribution in [3.05, 3.63) is 128 Å². The molecule has 5 rings (SSSR count). The Balaban J connectivity index is 0.000000154. The summed E-state index contributed by atoms with van der Waals surface area (Å²) < 4.78 is 15.3. The molecule has 0 spiro atoms. The molecule has 5 aromatic rings. The van der Waals surface area contributed by atoms with Crippen LogP contribution in [0.4, 0.5) is 0 Å². The fourth-order valence-corrected chi connectivity index (χ4v) is 6.42. The van der Waals surface area contributed by atoms with Crippen LogP contribution in [0.1, 0.15) is 0 Å². The molecular weight excluding hydrogens is 409 g/mol. The summed E-state index contributed by atoms with van der Waals surface area (Å²) in [6.45, 7) is 7.59. The molecule has 0 aliphatic rings. The number of nitrogens with zero attached hydrogens (tertiary/aromatic N) is 1. The fraction of sp³-hybridized carbons (Fsp3) is 0.0345. The quantitative estimate of drug-likeness (QED) is 0.214. The van der Waals surface area contributed by atoms with Crippen molar-refractivity contribution in [2.75, 3.05) is 6.16 Å². The van der Waals surface area contributed by atoms with Gasteiger partial charge in [-0.25, -0.2) is 0 Å². The van der Waals surface area contributed by atoms with Crippen LogP contribution in [0, 0.1) is 0 Å². The third-order valence-electron chi connectivity index (χ3n) is 5.53. The van der Waals surface area contributed by atoms with Gasteiger partial charge in [-0.05, 0) is 12.1 Å². The average Bonchev–Trinajstić information content (AvgIpc) is 3.19. The number of aromatic nitrogens is 1. The number of hydrogen-bond donors (Lipinski definition) is 0. The van der Waals surface area contributed by atoms with E-state index >= 15 is 0 Å². The number of benzene rings is 4. The van der Waals surface area contributed by atoms with Gasteiger partial charge < -0.3 is 9.13 Å². The normalized spacial score (nSPS) is 11.0. The number of hydrogen-bond acceptors (Lipinski definition) is 1. The molecule has 0 saturated carbocycles. The first-order valence-electron chi connectivity index (χ1n) is 10.6. The van der Waals surface area contributed by atoms with Crippen LogP contribution >= 0.6 is 7.14 Å². The van der Waals surface area contributed by atoms with Crippen molar-refractivity contribution in [1.82, 2.24) is 4.57 Å². The van der Waals surface area contributed by atoms with E-state index in [9.17, 15) is 4.57 Å². The van der Waals surface area contributed by atoms with Gasteiger partial charge in [-0.15, -0.1) is 6.58 Å². The molecule has 0 N–H and O–H groups in total. The molecule has 1 heterocycles. The molecular formula is C29H26NOP. The summed E-state index contributed by atoms with van der Waals surface area (Å²) in [5, 5.41) is 4.36. The van der Waals surface area contributed by atoms with Gasteiger partial charge in [0.15, 0.2) is 0 Å². The molecule has 4 aromatic carbocycles. The number of rotatable bonds is 5. The van der Waals surface area contributed by atoms with Crippen molar-refractivity contribution in [2.24, 2.45) is 0 Å². The lowest BCUT2D eigenvalue weighted by Crippen LogP contribution is -2.17. The molecule has 0 fully saturated rings. The van der Waals surface area contributed by atoms with Crippen molar-refractivity contribution in [2.45, 2.75) is 0 Å². The fourth-order valence-electron chi connectivity index (χ4n) is 4.03. The van der Waals surface area contributed by atoms with Gasteiger partial charge in [0.2, 0.25) is 0 Å². The second-order valence-corrected chi connectivity index (χ2v) is 10.3. The summed E-state index contributed by atoms with van der Waals surface area (Å²) in [6.07, 6.45) is 4.10. The van der Waals surface area contributed by atoms with Gasteiger partial charge in [-0.1, -0.05) is 110 Å². The van der Waals surface area contributed by atoms with Gasteiger partial charge in [0.05, 0.1) is 11.0 Å². The Morgan fingerprint density at radius 2 is 1.03 bits per heavy atom. The van der Waals surface area contributed by atoms with Crippen LogP contribution in [-0.2, 0) is 4.57 Å². The van der Waals surface area contributed by atoms with Gasteiger partial charge in [-0.2, -0.15) is 0 Å². The maximum atomic E-state index is 13.1. The predicted octanol–water partition coefficient (Wildman–Crippen LogP) is 7.08. The molecule has 0 amide bonds. The van der Waals surface area contributed by atoms with Crippen LogP contribution in [0.3, 0.4) is 0 Å². The minimum atomic E-state index is -2.54. The Hall–Kier alpha value is -3.61. The van der Waals surface area contributed by atoms with Gasteiger partial charge in [0, 0.05) is 33.7 Å². The van der Waals surface area contributed by atoms with E-state index < -0.39 is 7.14 Å². The topological polar surface area (TPSA) is 22.0 Å². The standard InChI is InChI=1S/C15H15OP.C14H11N/c1-2-13-17(16,14-9-5-3-6-10-14)15-11-7-4-8-12-15;1-2-15-13-9-5-3-7-11(13)12-8-4-6-10-14(12)15/h2-12H,1,13H2;2-10H,1H2. The Bertz CT molecular complexity index is 1300. The lowest BCUT2D eigenvalue weighted by atomic mass is 10.2. The summed E-state index contributed by atoms with van der Waals surface area (Å²) in [6, 6.07) is 36.1. The Labute approximate surface area is 189 Å². The molecule has 0 radical (unpaired) electrons. The third kappa shape index (κ3) is 4.10. The maximum Gasteiger partial charge on any atom is 0.146 e. The number of fused-ring (bicyclic) bond motifs is 3. The minimum absolute atomic E-state index is 0.501. The highest BCUT2D eigenvalue weighted by atomic mass is 31.2. The zero-order valence-corrected chi connectivity index (χ0v) is 18.9. The van der Waals surface area contributed by atoms with Gasteiger partial charge in [-0.3, -0.25) is 0 Å². The van der Waals surface area contributed by atoms with Gasteiger partial charge in [0.1, 0.15) is 7.14 Å². The van der Waals surface area contributed by atoms with E-state index in [-0.39, 0.29) is 0 Å². The van der Waals surface area contributed by atoms with Crippen LogP contribution in [0.25, 0.3) is 28.0 Å². The molecule has 158 valence electrons. The van der Waals surface area contributed by atoms with E-state index in [1.54, 1.807) is 6.08 Å². The summed E-state index contributed by atoms with van der Waals surface area (Å²) in [4.78, 5) is 0. The summed E-state index contributed by atoms with van der Waals surface area (Å²) in [5.74, 6) is 0. The predicted molar refractivity (Wildman–Crippen MR) is 141 cm³/mol. The Morgan fingerprint density at radius 3 is 1.44 bits per heavy atom. The lowest BCUT2D eigenvalue weighted by Gasteiger charge is -2.17. The van der Waals surface area contributed by atoms with Crippen LogP contribution in [0.2, 0.25) is 0 Å². The lowest BCUT2D eigenvalue weighted by molar-refractivity contribution is 0.588. The summed E-state index contributed by atoms with van der Waals surface area (Å²) in [7, 11) is -2.54. The molecule has 0 aliphatic carbocycles. The third-order valence-corrected chi connectivity index (χ3v) is 8.57. The van der Waals surface area contributed by atoms with Gasteiger partial charge >= 0.3 is 0 Å². The zero-order chi connectivity index (χ0) is 22.4. The van der Waals surface area contributed by atoms with Crippen LogP contribution in [0.5, 0.6) is 0 Å². The highest BCUT2D eigenvalue weighted by Crippen LogP contribution is 2.42. The van der Waals surface area contributed by atoms with Crippen molar-refractivity contribution in [1.29, 1.82) is 0 Å². The van der Waals surface area contributed by atoms with Crippen molar-refractivity contribution >= 4 is 45.8 Å². The average molecular weight is 436 g/mol. The highest BCUT2D eigenvalue weighted by molar-refractivity contribution is 7.78. The second kappa shape index (κ2) is 9.68. The van der Waals surface area contributed by atoms with Gasteiger partial charge in [0.25, 0.3) is 0 Å². The number of para-hydroxylation sites is 2. The highest BCUT2D eigenvalue weighted by Gasteiger charge is 2.24. The largest absolute Gasteiger partial charge is 0.317 e. The van der Waals surface area contributed by atoms with Crippen LogP contribution in [-0.4, -0.2) is 10.7 Å². The molecule has 1 aromatic heterocycles. The second-order valence-electron chi connectivity index (χ2n) is 7.47. The molecule has 32 heavy (non-hydrogen) atoms. The number of allylic oxidation sites excluding steroid dienone is 1. The first-order valence-corrected chi connectivity index (χ1v) is 12.5. The Morgan fingerprint density at radius 1 is 0.625 bits per heavy atom. The monoisotopic (exact) mass is 435 g/mol. The van der Waals surface area contributed by atoms with E-state index in [1.807, 2.05) is 66.9 Å². The van der Waals surface area contributed by atoms with Crippen molar-refractivity contribution < 1.29 is 4.57 Å². The first-order chi connectivity index (χ1) is 15.7. The summed E-state index contributed by atoms with van der Waals surface area (Å²) in [5.41, 5.74) is 2.43. The molecule has 0 aliphatic heterocycles. The molecule has 0 unspecified atom stereocenters. The smallest absolute Gasteiger partial charge is 0.146 e. The molecule has 2 nitrogen and oxygen atoms in total. The van der Waals surface area contributed by atoms with E-state index in [4.69, 9.17) is 0 Å². The van der Waals surface area contributed by atoms with Crippen LogP contribution < -0.4 is 10.6 Å². The minimum Gasteiger partial charge on any atom is -0.317 e. The van der Waals surface area contributed by atoms with Crippen molar-refractivity contribution in [3.63, 3.8) is 0 Å². The summed E-state index contributed by atoms with van der Waals surface area (Å²) >= 11 is 0.